The maximum absolute atomic E-state index is 11.7. The highest BCUT2D eigenvalue weighted by Crippen LogP contribution is 2.15. The lowest BCUT2D eigenvalue weighted by atomic mass is 10.1. The molecule has 2 aromatic carbocycles. The number of methoxy groups -OCH3 is 1. The molecule has 0 atom stereocenters. The summed E-state index contributed by atoms with van der Waals surface area (Å²) in [6, 6.07) is 13.8. The molecule has 0 aliphatic rings. The number of hydrogen-bond acceptors (Lipinski definition) is 3. The molecule has 2 rings (SSSR count). The van der Waals surface area contributed by atoms with Gasteiger partial charge in [0.05, 0.1) is 7.11 Å². The smallest absolute Gasteiger partial charge is 0.319 e. The normalized spacial score (nSPS) is 9.95. The van der Waals surface area contributed by atoms with E-state index in [1.165, 1.54) is 6.07 Å². The summed E-state index contributed by atoms with van der Waals surface area (Å²) >= 11 is 0. The minimum Gasteiger partial charge on any atom is -0.508 e. The predicted octanol–water partition coefficient (Wildman–Crippen LogP) is 2.77. The van der Waals surface area contributed by atoms with Crippen LogP contribution in [0.15, 0.2) is 48.5 Å². The van der Waals surface area contributed by atoms with Crippen LogP contribution in [0.5, 0.6) is 11.5 Å². The summed E-state index contributed by atoms with van der Waals surface area (Å²) in [6.07, 6.45) is 0.734. The van der Waals surface area contributed by atoms with Crippen molar-refractivity contribution >= 4 is 11.7 Å². The monoisotopic (exact) mass is 286 g/mol. The number of aromatic hydroxyl groups is 1. The molecule has 0 aliphatic carbocycles. The van der Waals surface area contributed by atoms with Crippen molar-refractivity contribution < 1.29 is 14.6 Å². The van der Waals surface area contributed by atoms with Gasteiger partial charge in [-0.15, -0.1) is 0 Å². The first-order valence-corrected chi connectivity index (χ1v) is 6.64. The average molecular weight is 286 g/mol. The highest BCUT2D eigenvalue weighted by molar-refractivity contribution is 5.89. The fourth-order valence-electron chi connectivity index (χ4n) is 1.87. The van der Waals surface area contributed by atoms with Crippen LogP contribution in [0, 0.1) is 0 Å². The Labute approximate surface area is 123 Å². The Morgan fingerprint density at radius 3 is 2.62 bits per heavy atom. The first kappa shape index (κ1) is 14.7. The van der Waals surface area contributed by atoms with E-state index in [9.17, 15) is 9.90 Å². The van der Waals surface area contributed by atoms with Crippen molar-refractivity contribution in [2.24, 2.45) is 0 Å². The van der Waals surface area contributed by atoms with Crippen LogP contribution in [-0.2, 0) is 6.42 Å². The Bertz CT molecular complexity index is 597. The molecule has 0 bridgehead atoms. The lowest BCUT2D eigenvalue weighted by molar-refractivity contribution is 0.252. The number of carbonyl (C=O) groups excluding carboxylic acids is 1. The number of phenols is 1. The third kappa shape index (κ3) is 4.72. The predicted molar refractivity (Wildman–Crippen MR) is 81.8 cm³/mol. The van der Waals surface area contributed by atoms with Crippen molar-refractivity contribution in [3.05, 3.63) is 54.1 Å². The maximum atomic E-state index is 11.7. The molecule has 5 nitrogen and oxygen atoms in total. The molecule has 0 heterocycles. The zero-order chi connectivity index (χ0) is 15.1. The highest BCUT2D eigenvalue weighted by Gasteiger charge is 2.02. The van der Waals surface area contributed by atoms with Gasteiger partial charge in [0.25, 0.3) is 0 Å². The Balaban J connectivity index is 1.76. The largest absolute Gasteiger partial charge is 0.508 e. The molecule has 0 fully saturated rings. The van der Waals surface area contributed by atoms with Crippen LogP contribution in [0.3, 0.4) is 0 Å². The minimum absolute atomic E-state index is 0.117. The second kappa shape index (κ2) is 7.19. The second-order valence-corrected chi connectivity index (χ2v) is 4.53. The number of anilines is 1. The summed E-state index contributed by atoms with van der Waals surface area (Å²) in [5, 5.41) is 14.7. The van der Waals surface area contributed by atoms with Gasteiger partial charge in [-0.1, -0.05) is 18.2 Å². The number of benzene rings is 2. The summed E-state index contributed by atoms with van der Waals surface area (Å²) in [7, 11) is 1.63. The fourth-order valence-corrected chi connectivity index (χ4v) is 1.87. The summed E-state index contributed by atoms with van der Waals surface area (Å²) in [6.45, 7) is 0.525. The Morgan fingerprint density at radius 1 is 1.19 bits per heavy atom. The van der Waals surface area contributed by atoms with Crippen LogP contribution >= 0.6 is 0 Å². The molecule has 21 heavy (non-hydrogen) atoms. The van der Waals surface area contributed by atoms with Crippen LogP contribution in [0.2, 0.25) is 0 Å². The molecule has 5 heteroatoms. The van der Waals surface area contributed by atoms with E-state index in [-0.39, 0.29) is 11.8 Å². The first-order chi connectivity index (χ1) is 10.2. The van der Waals surface area contributed by atoms with Crippen LogP contribution in [0.1, 0.15) is 5.56 Å². The molecule has 0 aliphatic heterocycles. The van der Waals surface area contributed by atoms with Crippen molar-refractivity contribution in [3.8, 4) is 11.5 Å². The molecule has 2 amide bonds. The van der Waals surface area contributed by atoms with Gasteiger partial charge < -0.3 is 20.5 Å². The molecule has 0 aromatic heterocycles. The van der Waals surface area contributed by atoms with E-state index < -0.39 is 0 Å². The molecule has 0 radical (unpaired) electrons. The molecule has 0 spiro atoms. The minimum atomic E-state index is -0.297. The first-order valence-electron chi connectivity index (χ1n) is 6.64. The van der Waals surface area contributed by atoms with Gasteiger partial charge in [0.2, 0.25) is 0 Å². The van der Waals surface area contributed by atoms with Gasteiger partial charge in [-0.25, -0.2) is 4.79 Å². The van der Waals surface area contributed by atoms with Gasteiger partial charge in [0.15, 0.2) is 0 Å². The number of urea groups is 1. The highest BCUT2D eigenvalue weighted by atomic mass is 16.5. The van der Waals surface area contributed by atoms with Gasteiger partial charge in [-0.3, -0.25) is 0 Å². The van der Waals surface area contributed by atoms with E-state index in [2.05, 4.69) is 10.6 Å². The Morgan fingerprint density at radius 2 is 1.95 bits per heavy atom. The topological polar surface area (TPSA) is 70.6 Å². The van der Waals surface area contributed by atoms with Crippen LogP contribution in [-0.4, -0.2) is 24.8 Å². The molecular weight excluding hydrogens is 268 g/mol. The van der Waals surface area contributed by atoms with Gasteiger partial charge in [-0.05, 0) is 36.2 Å². The van der Waals surface area contributed by atoms with Crippen molar-refractivity contribution in [2.45, 2.75) is 6.42 Å². The van der Waals surface area contributed by atoms with E-state index in [1.807, 2.05) is 24.3 Å². The second-order valence-electron chi connectivity index (χ2n) is 4.53. The van der Waals surface area contributed by atoms with Crippen LogP contribution < -0.4 is 15.4 Å². The molecule has 0 saturated heterocycles. The van der Waals surface area contributed by atoms with E-state index in [4.69, 9.17) is 4.74 Å². The average Bonchev–Trinajstić information content (AvgIpc) is 2.48. The van der Waals surface area contributed by atoms with Crippen molar-refractivity contribution in [2.75, 3.05) is 19.0 Å². The zero-order valence-corrected chi connectivity index (χ0v) is 11.8. The van der Waals surface area contributed by atoms with Crippen molar-refractivity contribution in [1.82, 2.24) is 5.32 Å². The number of amides is 2. The Kier molecular flexibility index (Phi) is 5.04. The molecule has 2 aromatic rings. The summed E-state index contributed by atoms with van der Waals surface area (Å²) in [5.41, 5.74) is 1.67. The lowest BCUT2D eigenvalue weighted by Gasteiger charge is -2.08. The number of carbonyl (C=O) groups is 1. The fraction of sp³-hybridized carbons (Fsp3) is 0.188. The van der Waals surface area contributed by atoms with Crippen LogP contribution in [0.4, 0.5) is 10.5 Å². The van der Waals surface area contributed by atoms with E-state index in [0.29, 0.717) is 12.2 Å². The molecule has 0 saturated carbocycles. The summed E-state index contributed by atoms with van der Waals surface area (Å²) in [5.74, 6) is 0.930. The molecule has 3 N–H and O–H groups in total. The van der Waals surface area contributed by atoms with E-state index in [0.717, 1.165) is 17.7 Å². The standard InChI is InChI=1S/C16H18N2O3/c1-21-15-7-5-12(6-8-15)9-10-17-16(20)18-13-3-2-4-14(19)11-13/h2-8,11,19H,9-10H2,1H3,(H2,17,18,20). The summed E-state index contributed by atoms with van der Waals surface area (Å²) in [4.78, 5) is 11.7. The van der Waals surface area contributed by atoms with Crippen molar-refractivity contribution in [1.29, 1.82) is 0 Å². The Hall–Kier alpha value is -2.69. The third-order valence-electron chi connectivity index (χ3n) is 2.96. The van der Waals surface area contributed by atoms with E-state index in [1.54, 1.807) is 25.3 Å². The van der Waals surface area contributed by atoms with Gasteiger partial charge >= 0.3 is 6.03 Å². The number of nitrogens with one attached hydrogen (secondary N) is 2. The molecule has 0 unspecified atom stereocenters. The van der Waals surface area contributed by atoms with Gasteiger partial charge in [0.1, 0.15) is 11.5 Å². The van der Waals surface area contributed by atoms with Gasteiger partial charge in [0, 0.05) is 18.3 Å². The molecular formula is C16H18N2O3. The van der Waals surface area contributed by atoms with Crippen LogP contribution in [0.25, 0.3) is 0 Å². The SMILES string of the molecule is COc1ccc(CCNC(=O)Nc2cccc(O)c2)cc1. The number of rotatable bonds is 5. The third-order valence-corrected chi connectivity index (χ3v) is 2.96. The van der Waals surface area contributed by atoms with E-state index >= 15 is 0 Å². The number of hydrogen-bond donors (Lipinski definition) is 3. The zero-order valence-electron chi connectivity index (χ0n) is 11.8. The number of ether oxygens (including phenoxy) is 1. The summed E-state index contributed by atoms with van der Waals surface area (Å²) < 4.78 is 5.09. The molecule has 110 valence electrons. The van der Waals surface area contributed by atoms with Gasteiger partial charge in [-0.2, -0.15) is 0 Å². The number of phenolic OH excluding ortho intramolecular Hbond substituents is 1. The quantitative estimate of drug-likeness (QED) is 0.791. The van der Waals surface area contributed by atoms with Crippen molar-refractivity contribution in [3.63, 3.8) is 0 Å². The lowest BCUT2D eigenvalue weighted by Crippen LogP contribution is -2.30. The maximum Gasteiger partial charge on any atom is 0.319 e.